The number of nitrogens with zero attached hydrogens (tertiary/aromatic N) is 2. The largest absolute Gasteiger partial charge is 0.327 e. The van der Waals surface area contributed by atoms with E-state index in [1.165, 1.54) is 18.1 Å². The van der Waals surface area contributed by atoms with Gasteiger partial charge in [0.15, 0.2) is 5.82 Å². The van der Waals surface area contributed by atoms with Gasteiger partial charge in [-0.15, -0.1) is 6.42 Å². The van der Waals surface area contributed by atoms with Gasteiger partial charge in [-0.25, -0.2) is 4.98 Å². The van der Waals surface area contributed by atoms with Gasteiger partial charge in [-0.3, -0.25) is 19.3 Å². The van der Waals surface area contributed by atoms with Crippen molar-refractivity contribution in [2.75, 3.05) is 12.4 Å². The van der Waals surface area contributed by atoms with Gasteiger partial charge in [0.05, 0.1) is 6.20 Å². The molecule has 0 spiro atoms. The summed E-state index contributed by atoms with van der Waals surface area (Å²) < 4.78 is 0. The van der Waals surface area contributed by atoms with Crippen molar-refractivity contribution in [3.8, 4) is 12.3 Å². The topological polar surface area (TPSA) is 95.2 Å². The number of likely N-dealkylation sites (tertiary alicyclic amines) is 1. The molecular weight excluding hydrogens is 392 g/mol. The summed E-state index contributed by atoms with van der Waals surface area (Å²) in [6.07, 6.45) is 13.7. The van der Waals surface area contributed by atoms with Gasteiger partial charge in [-0.2, -0.15) is 0 Å². The Bertz CT molecular complexity index is 1100. The molecule has 1 saturated heterocycles. The van der Waals surface area contributed by atoms with E-state index >= 15 is 0 Å². The maximum Gasteiger partial charge on any atom is 0.291 e. The molecule has 0 atom stereocenters. The molecule has 2 heterocycles. The van der Waals surface area contributed by atoms with Gasteiger partial charge in [0.1, 0.15) is 5.69 Å². The molecule has 31 heavy (non-hydrogen) atoms. The van der Waals surface area contributed by atoms with Crippen LogP contribution in [-0.2, 0) is 9.59 Å². The number of imide groups is 1. The van der Waals surface area contributed by atoms with E-state index in [-0.39, 0.29) is 29.5 Å². The van der Waals surface area contributed by atoms with Crippen molar-refractivity contribution in [2.45, 2.75) is 44.4 Å². The number of benzene rings is 1. The average molecular weight is 416 g/mol. The number of allylic oxidation sites excluding steroid dienone is 2. The molecule has 2 aliphatic rings. The lowest BCUT2D eigenvalue weighted by Gasteiger charge is -2.28. The molecule has 2 N–H and O–H groups in total. The van der Waals surface area contributed by atoms with E-state index < -0.39 is 0 Å². The van der Waals surface area contributed by atoms with Crippen LogP contribution in [0.1, 0.15) is 71.9 Å². The van der Waals surface area contributed by atoms with Gasteiger partial charge in [-0.1, -0.05) is 18.1 Å². The molecule has 1 aliphatic carbocycles. The molecule has 2 aromatic rings. The van der Waals surface area contributed by atoms with E-state index in [9.17, 15) is 14.4 Å². The van der Waals surface area contributed by atoms with E-state index in [0.29, 0.717) is 24.2 Å². The fourth-order valence-electron chi connectivity index (χ4n) is 4.11. The van der Waals surface area contributed by atoms with Crippen molar-refractivity contribution in [1.29, 1.82) is 0 Å². The lowest BCUT2D eigenvalue weighted by molar-refractivity contribution is -0.146. The second kappa shape index (κ2) is 8.60. The Morgan fingerprint density at radius 1 is 1.26 bits per heavy atom. The Labute approximate surface area is 180 Å². The lowest BCUT2D eigenvalue weighted by atomic mass is 9.85. The van der Waals surface area contributed by atoms with Crippen molar-refractivity contribution in [3.63, 3.8) is 0 Å². The van der Waals surface area contributed by atoms with Gasteiger partial charge in [-0.05, 0) is 49.0 Å². The number of aromatic amines is 1. The zero-order chi connectivity index (χ0) is 22.0. The molecule has 0 bridgehead atoms. The number of hydrogen-bond donors (Lipinski definition) is 2. The van der Waals surface area contributed by atoms with E-state index in [2.05, 4.69) is 27.3 Å². The van der Waals surface area contributed by atoms with Crippen LogP contribution in [0, 0.1) is 12.3 Å². The Kier molecular flexibility index (Phi) is 5.72. The van der Waals surface area contributed by atoms with Crippen LogP contribution in [0.4, 0.5) is 5.69 Å². The number of amides is 3. The first-order valence-corrected chi connectivity index (χ1v) is 10.4. The van der Waals surface area contributed by atoms with Gasteiger partial charge in [0, 0.05) is 37.1 Å². The minimum absolute atomic E-state index is 0.145. The monoisotopic (exact) mass is 416 g/mol. The third kappa shape index (κ3) is 4.29. The number of carbonyl (C=O) groups excluding carboxylic acids is 3. The maximum absolute atomic E-state index is 12.7. The van der Waals surface area contributed by atoms with E-state index in [1.54, 1.807) is 0 Å². The summed E-state index contributed by atoms with van der Waals surface area (Å²) in [6, 6.07) is 5.74. The van der Waals surface area contributed by atoms with Crippen LogP contribution in [0.15, 0.2) is 30.5 Å². The molecule has 1 aromatic heterocycles. The zero-order valence-electron chi connectivity index (χ0n) is 17.4. The first kappa shape index (κ1) is 20.6. The summed E-state index contributed by atoms with van der Waals surface area (Å²) in [5.74, 6) is 1.69. The van der Waals surface area contributed by atoms with Gasteiger partial charge < -0.3 is 10.3 Å². The molecule has 0 radical (unpaired) electrons. The number of H-pyrrole nitrogens is 1. The first-order valence-electron chi connectivity index (χ1n) is 10.4. The summed E-state index contributed by atoms with van der Waals surface area (Å²) in [4.78, 5) is 45.1. The number of nitrogens with one attached hydrogen (secondary N) is 2. The zero-order valence-corrected chi connectivity index (χ0v) is 17.4. The minimum Gasteiger partial charge on any atom is -0.327 e. The maximum atomic E-state index is 12.7. The van der Waals surface area contributed by atoms with Crippen LogP contribution >= 0.6 is 0 Å². The van der Waals surface area contributed by atoms with Gasteiger partial charge in [0.2, 0.25) is 11.8 Å². The second-order valence-corrected chi connectivity index (χ2v) is 7.98. The quantitative estimate of drug-likeness (QED) is 0.589. The number of aromatic nitrogens is 2. The molecule has 1 aliphatic heterocycles. The number of anilines is 1. The smallest absolute Gasteiger partial charge is 0.291 e. The Morgan fingerprint density at radius 2 is 2.03 bits per heavy atom. The van der Waals surface area contributed by atoms with Crippen molar-refractivity contribution in [1.82, 2.24) is 14.9 Å². The number of piperidine rings is 1. The number of imidazole rings is 1. The fourth-order valence-corrected chi connectivity index (χ4v) is 4.11. The molecule has 158 valence electrons. The number of terminal acetylenes is 1. The molecule has 7 nitrogen and oxygen atoms in total. The summed E-state index contributed by atoms with van der Waals surface area (Å²) in [5, 5.41) is 2.93. The van der Waals surface area contributed by atoms with E-state index in [0.717, 1.165) is 42.4 Å². The molecule has 3 amide bonds. The van der Waals surface area contributed by atoms with Crippen molar-refractivity contribution >= 4 is 29.0 Å². The van der Waals surface area contributed by atoms with Gasteiger partial charge >= 0.3 is 0 Å². The van der Waals surface area contributed by atoms with Crippen LogP contribution < -0.4 is 5.32 Å². The second-order valence-electron chi connectivity index (χ2n) is 7.98. The normalized spacial score (nSPS) is 17.3. The lowest BCUT2D eigenvalue weighted by Crippen LogP contribution is -2.39. The van der Waals surface area contributed by atoms with Gasteiger partial charge in [0.25, 0.3) is 5.91 Å². The molecule has 0 saturated carbocycles. The van der Waals surface area contributed by atoms with Crippen molar-refractivity contribution in [3.05, 3.63) is 53.1 Å². The molecule has 7 heteroatoms. The molecule has 4 rings (SSSR count). The van der Waals surface area contributed by atoms with E-state index in [4.69, 9.17) is 6.42 Å². The van der Waals surface area contributed by atoms with Crippen LogP contribution in [0.5, 0.6) is 0 Å². The highest BCUT2D eigenvalue weighted by Crippen LogP contribution is 2.36. The highest BCUT2D eigenvalue weighted by atomic mass is 16.2. The minimum atomic E-state index is -0.378. The van der Waals surface area contributed by atoms with Crippen LogP contribution in [0.2, 0.25) is 0 Å². The van der Waals surface area contributed by atoms with Crippen molar-refractivity contribution in [2.24, 2.45) is 0 Å². The van der Waals surface area contributed by atoms with Crippen LogP contribution in [0.25, 0.3) is 5.57 Å². The predicted molar refractivity (Wildman–Crippen MR) is 117 cm³/mol. The molecule has 1 fully saturated rings. The third-order valence-electron chi connectivity index (χ3n) is 5.94. The third-order valence-corrected chi connectivity index (χ3v) is 5.94. The standard InChI is InChI=1S/C24H24N4O3/c1-3-18-14-25-23(26-18)24(31)27-20-10-9-16(11-19(20)15-7-5-4-6-8-15)17-12-21(29)28(2)22(30)13-17/h1,7,9-11,14,17H,4-6,8,12-13H2,2H3,(H,25,26)(H,27,31). The predicted octanol–water partition coefficient (Wildman–Crippen LogP) is 3.46. The van der Waals surface area contributed by atoms with Crippen LogP contribution in [-0.4, -0.2) is 39.6 Å². The summed E-state index contributed by atoms with van der Waals surface area (Å²) >= 11 is 0. The first-order chi connectivity index (χ1) is 15.0. The Hall–Kier alpha value is -3.66. The number of hydrogen-bond acceptors (Lipinski definition) is 4. The summed E-state index contributed by atoms with van der Waals surface area (Å²) in [5.41, 5.74) is 4.13. The number of rotatable bonds is 4. The molecule has 0 unspecified atom stereocenters. The highest BCUT2D eigenvalue weighted by molar-refractivity contribution is 6.03. The Balaban J connectivity index is 1.66. The van der Waals surface area contributed by atoms with E-state index in [1.807, 2.05) is 18.2 Å². The fraction of sp³-hybridized carbons (Fsp3) is 0.333. The average Bonchev–Trinajstić information content (AvgIpc) is 3.27. The summed E-state index contributed by atoms with van der Waals surface area (Å²) in [7, 11) is 1.53. The van der Waals surface area contributed by atoms with Crippen molar-refractivity contribution < 1.29 is 14.4 Å². The highest BCUT2D eigenvalue weighted by Gasteiger charge is 2.31. The molecule has 1 aromatic carbocycles. The SMILES string of the molecule is C#Cc1cnc(C(=O)Nc2ccc(C3CC(=O)N(C)C(=O)C3)cc2C2=CCCCC2)[nH]1. The summed E-state index contributed by atoms with van der Waals surface area (Å²) in [6.45, 7) is 0. The Morgan fingerprint density at radius 3 is 2.68 bits per heavy atom. The molecular formula is C24H24N4O3. The van der Waals surface area contributed by atoms with Crippen LogP contribution in [0.3, 0.4) is 0 Å². The number of carbonyl (C=O) groups is 3.